The Bertz CT molecular complexity index is 691. The van der Waals surface area contributed by atoms with Crippen LogP contribution in [0.4, 0.5) is 0 Å². The maximum absolute atomic E-state index is 11.7. The molecule has 3 nitrogen and oxygen atoms in total. The van der Waals surface area contributed by atoms with Gasteiger partial charge in [-0.25, -0.2) is 4.79 Å². The number of rotatable bonds is 4. The quantitative estimate of drug-likeness (QED) is 0.362. The van der Waals surface area contributed by atoms with E-state index in [1.54, 1.807) is 48.5 Å². The van der Waals surface area contributed by atoms with E-state index in [2.05, 4.69) is 0 Å². The molecule has 0 spiro atoms. The van der Waals surface area contributed by atoms with Gasteiger partial charge in [0.2, 0.25) is 0 Å². The number of hydrogen-bond acceptors (Lipinski definition) is 3. The molecule has 2 aromatic carbocycles. The van der Waals surface area contributed by atoms with Gasteiger partial charge in [-0.3, -0.25) is 4.79 Å². The summed E-state index contributed by atoms with van der Waals surface area (Å²) in [6, 6.07) is 11.2. The van der Waals surface area contributed by atoms with Crippen molar-refractivity contribution in [3.63, 3.8) is 0 Å². The van der Waals surface area contributed by atoms with Crippen molar-refractivity contribution in [2.75, 3.05) is 0 Å². The zero-order chi connectivity index (χ0) is 15.2. The van der Waals surface area contributed by atoms with Crippen LogP contribution in [-0.2, 0) is 4.79 Å². The highest BCUT2D eigenvalue weighted by Gasteiger charge is 2.02. The topological polar surface area (TPSA) is 43.4 Å². The molecule has 0 N–H and O–H groups in total. The third-order valence-electron chi connectivity index (χ3n) is 2.60. The third-order valence-corrected chi connectivity index (χ3v) is 3.16. The first-order valence-corrected chi connectivity index (χ1v) is 6.74. The van der Waals surface area contributed by atoms with Crippen molar-refractivity contribution < 1.29 is 14.3 Å². The second-order valence-corrected chi connectivity index (χ2v) is 4.95. The van der Waals surface area contributed by atoms with Gasteiger partial charge >= 0.3 is 5.97 Å². The van der Waals surface area contributed by atoms with Gasteiger partial charge in [0.25, 0.3) is 0 Å². The number of carbonyl (C=O) groups is 2. The van der Waals surface area contributed by atoms with Gasteiger partial charge in [0, 0.05) is 21.7 Å². The average Bonchev–Trinajstić information content (AvgIpc) is 2.47. The van der Waals surface area contributed by atoms with E-state index in [9.17, 15) is 9.59 Å². The number of aldehydes is 1. The minimum Gasteiger partial charge on any atom is -0.423 e. The van der Waals surface area contributed by atoms with Crippen LogP contribution in [0, 0.1) is 0 Å². The van der Waals surface area contributed by atoms with Crippen LogP contribution in [0.5, 0.6) is 5.75 Å². The maximum Gasteiger partial charge on any atom is 0.336 e. The Morgan fingerprint density at radius 3 is 2.38 bits per heavy atom. The molecule has 0 unspecified atom stereocenters. The standard InChI is InChI=1S/C16H10Cl2O3/c17-13-5-3-12(15(18)9-13)4-8-16(20)21-14-6-1-11(10-19)2-7-14/h1-10H/b8-4+. The second kappa shape index (κ2) is 7.07. The van der Waals surface area contributed by atoms with Crippen molar-refractivity contribution in [3.8, 4) is 5.75 Å². The molecule has 0 fully saturated rings. The van der Waals surface area contributed by atoms with E-state index in [-0.39, 0.29) is 0 Å². The highest BCUT2D eigenvalue weighted by molar-refractivity contribution is 6.35. The van der Waals surface area contributed by atoms with Crippen LogP contribution in [0.3, 0.4) is 0 Å². The van der Waals surface area contributed by atoms with Gasteiger partial charge in [-0.1, -0.05) is 29.3 Å². The van der Waals surface area contributed by atoms with Gasteiger partial charge < -0.3 is 4.74 Å². The molecule has 0 saturated heterocycles. The van der Waals surface area contributed by atoms with E-state index < -0.39 is 5.97 Å². The Morgan fingerprint density at radius 2 is 1.76 bits per heavy atom. The zero-order valence-corrected chi connectivity index (χ0v) is 12.3. The highest BCUT2D eigenvalue weighted by Crippen LogP contribution is 2.22. The van der Waals surface area contributed by atoms with E-state index in [4.69, 9.17) is 27.9 Å². The fraction of sp³-hybridized carbons (Fsp3) is 0. The van der Waals surface area contributed by atoms with Crippen molar-refractivity contribution >= 4 is 41.5 Å². The summed E-state index contributed by atoms with van der Waals surface area (Å²) in [7, 11) is 0. The Kier molecular flexibility index (Phi) is 5.14. The molecule has 0 aliphatic carbocycles. The summed E-state index contributed by atoms with van der Waals surface area (Å²) >= 11 is 11.8. The highest BCUT2D eigenvalue weighted by atomic mass is 35.5. The molecule has 0 heterocycles. The van der Waals surface area contributed by atoms with Gasteiger partial charge in [0.15, 0.2) is 0 Å². The maximum atomic E-state index is 11.7. The van der Waals surface area contributed by atoms with Gasteiger partial charge in [0.05, 0.1) is 0 Å². The SMILES string of the molecule is O=Cc1ccc(OC(=O)/C=C/c2ccc(Cl)cc2Cl)cc1. The first kappa shape index (κ1) is 15.3. The van der Waals surface area contributed by atoms with Gasteiger partial charge in [-0.15, -0.1) is 0 Å². The minimum absolute atomic E-state index is 0.359. The summed E-state index contributed by atoms with van der Waals surface area (Å²) in [6.45, 7) is 0. The van der Waals surface area contributed by atoms with Crippen LogP contribution in [0.15, 0.2) is 48.5 Å². The molecule has 0 amide bonds. The molecule has 0 aliphatic heterocycles. The third kappa shape index (κ3) is 4.45. The molecular formula is C16H10Cl2O3. The predicted octanol–water partition coefficient (Wildman–Crippen LogP) is 4.42. The number of esters is 1. The minimum atomic E-state index is -0.542. The van der Waals surface area contributed by atoms with Crippen molar-refractivity contribution in [2.45, 2.75) is 0 Å². The Hall–Kier alpha value is -2.10. The Morgan fingerprint density at radius 1 is 1.05 bits per heavy atom. The Labute approximate surface area is 131 Å². The average molecular weight is 321 g/mol. The summed E-state index contributed by atoms with van der Waals surface area (Å²) in [4.78, 5) is 22.2. The number of benzene rings is 2. The number of ether oxygens (including phenoxy) is 1. The van der Waals surface area contributed by atoms with Crippen molar-refractivity contribution in [3.05, 3.63) is 69.7 Å². The van der Waals surface area contributed by atoms with Crippen LogP contribution < -0.4 is 4.74 Å². The van der Waals surface area contributed by atoms with E-state index >= 15 is 0 Å². The van der Waals surface area contributed by atoms with Crippen LogP contribution >= 0.6 is 23.2 Å². The van der Waals surface area contributed by atoms with Crippen LogP contribution in [-0.4, -0.2) is 12.3 Å². The fourth-order valence-corrected chi connectivity index (χ4v) is 2.03. The predicted molar refractivity (Wildman–Crippen MR) is 83.0 cm³/mol. The largest absolute Gasteiger partial charge is 0.423 e. The van der Waals surface area contributed by atoms with Crippen LogP contribution in [0.2, 0.25) is 10.0 Å². The first-order valence-electron chi connectivity index (χ1n) is 5.98. The molecule has 0 aromatic heterocycles. The molecule has 0 saturated carbocycles. The second-order valence-electron chi connectivity index (χ2n) is 4.11. The first-order chi connectivity index (χ1) is 10.1. The molecule has 2 aromatic rings. The Balaban J connectivity index is 2.03. The van der Waals surface area contributed by atoms with Crippen LogP contribution in [0.1, 0.15) is 15.9 Å². The fourth-order valence-electron chi connectivity index (χ4n) is 1.56. The van der Waals surface area contributed by atoms with Gasteiger partial charge in [0.1, 0.15) is 12.0 Å². The lowest BCUT2D eigenvalue weighted by Crippen LogP contribution is -2.03. The smallest absolute Gasteiger partial charge is 0.336 e. The van der Waals surface area contributed by atoms with Crippen molar-refractivity contribution in [1.29, 1.82) is 0 Å². The lowest BCUT2D eigenvalue weighted by molar-refractivity contribution is -0.128. The van der Waals surface area contributed by atoms with E-state index in [1.165, 1.54) is 6.08 Å². The zero-order valence-electron chi connectivity index (χ0n) is 10.8. The molecule has 2 rings (SSSR count). The number of carbonyl (C=O) groups excluding carboxylic acids is 2. The summed E-state index contributed by atoms with van der Waals surface area (Å²) in [5, 5.41) is 0.969. The van der Waals surface area contributed by atoms with Gasteiger partial charge in [-0.05, 0) is 48.0 Å². The summed E-state index contributed by atoms with van der Waals surface area (Å²) in [6.07, 6.45) is 3.53. The molecule has 0 atom stereocenters. The van der Waals surface area contributed by atoms with E-state index in [0.29, 0.717) is 33.2 Å². The summed E-state index contributed by atoms with van der Waals surface area (Å²) in [5.41, 5.74) is 1.17. The normalized spacial score (nSPS) is 10.6. The summed E-state index contributed by atoms with van der Waals surface area (Å²) < 4.78 is 5.09. The van der Waals surface area contributed by atoms with Crippen LogP contribution in [0.25, 0.3) is 6.08 Å². The molecule has 0 aliphatic rings. The van der Waals surface area contributed by atoms with E-state index in [1.807, 2.05) is 0 Å². The monoisotopic (exact) mass is 320 g/mol. The number of halogens is 2. The molecule has 21 heavy (non-hydrogen) atoms. The molecular weight excluding hydrogens is 311 g/mol. The summed E-state index contributed by atoms with van der Waals surface area (Å²) in [5.74, 6) is -0.183. The van der Waals surface area contributed by atoms with Crippen molar-refractivity contribution in [1.82, 2.24) is 0 Å². The lowest BCUT2D eigenvalue weighted by Gasteiger charge is -2.01. The molecule has 106 valence electrons. The van der Waals surface area contributed by atoms with Gasteiger partial charge in [-0.2, -0.15) is 0 Å². The molecule has 0 radical (unpaired) electrons. The molecule has 5 heteroatoms. The van der Waals surface area contributed by atoms with Crippen molar-refractivity contribution in [2.24, 2.45) is 0 Å². The molecule has 0 bridgehead atoms. The number of hydrogen-bond donors (Lipinski definition) is 0. The lowest BCUT2D eigenvalue weighted by atomic mass is 10.2. The van der Waals surface area contributed by atoms with E-state index in [0.717, 1.165) is 0 Å².